The van der Waals surface area contributed by atoms with Gasteiger partial charge < -0.3 is 0 Å². The molecule has 0 nitrogen and oxygen atoms in total. The van der Waals surface area contributed by atoms with Crippen molar-refractivity contribution in [3.8, 4) is 0 Å². The van der Waals surface area contributed by atoms with Crippen LogP contribution in [0.4, 0.5) is 0 Å². The molecule has 0 bridgehead atoms. The largest absolute Gasteiger partial charge is 0.259 e. The second kappa shape index (κ2) is 4.93. The first-order chi connectivity index (χ1) is 5.70. The Morgan fingerprint density at radius 1 is 1.17 bits per heavy atom. The SMILES string of the molecule is Clc1ccccc1C=C[SiH](Cl)Cl. The minimum absolute atomic E-state index is 0.719. The average molecular weight is 238 g/mol. The Morgan fingerprint density at radius 2 is 1.83 bits per heavy atom. The summed E-state index contributed by atoms with van der Waals surface area (Å²) < 4.78 is 0. The summed E-state index contributed by atoms with van der Waals surface area (Å²) in [5, 5.41) is 0.719. The lowest BCUT2D eigenvalue weighted by molar-refractivity contribution is 1.66. The molecule has 12 heavy (non-hydrogen) atoms. The normalized spacial score (nSPS) is 11.3. The Kier molecular flexibility index (Phi) is 4.16. The molecule has 1 rings (SSSR count). The van der Waals surface area contributed by atoms with E-state index in [-0.39, 0.29) is 0 Å². The molecule has 1 aromatic carbocycles. The van der Waals surface area contributed by atoms with Crippen LogP contribution >= 0.6 is 33.8 Å². The second-order valence-electron chi connectivity index (χ2n) is 2.22. The fourth-order valence-electron chi connectivity index (χ4n) is 0.787. The van der Waals surface area contributed by atoms with E-state index in [0.717, 1.165) is 10.6 Å². The molecule has 0 aromatic heterocycles. The summed E-state index contributed by atoms with van der Waals surface area (Å²) in [6, 6.07) is 7.56. The van der Waals surface area contributed by atoms with Gasteiger partial charge in [-0.3, -0.25) is 0 Å². The highest BCUT2D eigenvalue weighted by molar-refractivity contribution is 7.36. The van der Waals surface area contributed by atoms with Gasteiger partial charge in [0.2, 0.25) is 0 Å². The van der Waals surface area contributed by atoms with E-state index in [9.17, 15) is 0 Å². The van der Waals surface area contributed by atoms with Crippen molar-refractivity contribution in [2.75, 3.05) is 0 Å². The number of halogens is 3. The van der Waals surface area contributed by atoms with E-state index in [2.05, 4.69) is 0 Å². The molecular weight excluding hydrogens is 231 g/mol. The Bertz CT molecular complexity index is 283. The van der Waals surface area contributed by atoms with Gasteiger partial charge in [-0.25, -0.2) is 0 Å². The van der Waals surface area contributed by atoms with Crippen molar-refractivity contribution in [3.63, 3.8) is 0 Å². The Balaban J connectivity index is 2.82. The van der Waals surface area contributed by atoms with Crippen molar-refractivity contribution >= 4 is 47.3 Å². The minimum Gasteiger partial charge on any atom is -0.145 e. The topological polar surface area (TPSA) is 0 Å². The molecule has 0 N–H and O–H groups in total. The fourth-order valence-corrected chi connectivity index (χ4v) is 1.77. The van der Waals surface area contributed by atoms with Crippen LogP contribution in [-0.4, -0.2) is 7.42 Å². The third-order valence-electron chi connectivity index (χ3n) is 1.33. The molecule has 0 saturated carbocycles. The summed E-state index contributed by atoms with van der Waals surface area (Å²) in [6.45, 7) is 0. The van der Waals surface area contributed by atoms with Crippen LogP contribution in [0.1, 0.15) is 5.56 Å². The summed E-state index contributed by atoms with van der Waals surface area (Å²) in [6.07, 6.45) is 1.86. The van der Waals surface area contributed by atoms with Gasteiger partial charge >= 0.3 is 0 Å². The lowest BCUT2D eigenvalue weighted by Crippen LogP contribution is -1.83. The van der Waals surface area contributed by atoms with Gasteiger partial charge in [0.25, 0.3) is 7.42 Å². The molecule has 64 valence electrons. The minimum atomic E-state index is -1.66. The van der Waals surface area contributed by atoms with Crippen molar-refractivity contribution in [1.82, 2.24) is 0 Å². The van der Waals surface area contributed by atoms with Crippen molar-refractivity contribution in [2.45, 2.75) is 0 Å². The number of benzene rings is 1. The van der Waals surface area contributed by atoms with E-state index in [1.165, 1.54) is 0 Å². The molecule has 0 aliphatic rings. The summed E-state index contributed by atoms with van der Waals surface area (Å²) in [4.78, 5) is 0. The molecular formula is C8H7Cl3Si. The Morgan fingerprint density at radius 3 is 2.42 bits per heavy atom. The van der Waals surface area contributed by atoms with Gasteiger partial charge in [-0.05, 0) is 11.6 Å². The van der Waals surface area contributed by atoms with Gasteiger partial charge in [0.05, 0.1) is 0 Å². The molecule has 0 atom stereocenters. The standard InChI is InChI=1S/C8H7Cl3Si/c9-8-4-2-1-3-7(8)5-6-12(10)11/h1-6,12H. The van der Waals surface area contributed by atoms with Crippen LogP contribution in [0.5, 0.6) is 0 Å². The van der Waals surface area contributed by atoms with Crippen molar-refractivity contribution < 1.29 is 0 Å². The number of hydrogen-bond donors (Lipinski definition) is 0. The van der Waals surface area contributed by atoms with Crippen LogP contribution in [0.15, 0.2) is 30.0 Å². The lowest BCUT2D eigenvalue weighted by atomic mass is 10.2. The molecule has 1 aromatic rings. The fraction of sp³-hybridized carbons (Fsp3) is 0. The lowest BCUT2D eigenvalue weighted by Gasteiger charge is -1.95. The molecule has 0 aliphatic heterocycles. The van der Waals surface area contributed by atoms with Gasteiger partial charge in [-0.1, -0.05) is 41.6 Å². The predicted octanol–water partition coefficient (Wildman–Crippen LogP) is 3.59. The number of hydrogen-bond acceptors (Lipinski definition) is 0. The predicted molar refractivity (Wildman–Crippen MR) is 59.3 cm³/mol. The first-order valence-corrected chi connectivity index (χ1v) is 7.94. The summed E-state index contributed by atoms with van der Waals surface area (Å²) in [7, 11) is -1.66. The molecule has 0 fully saturated rings. The van der Waals surface area contributed by atoms with Gasteiger partial charge in [-0.2, -0.15) is 0 Å². The van der Waals surface area contributed by atoms with E-state index < -0.39 is 7.42 Å². The smallest absolute Gasteiger partial charge is 0.145 e. The van der Waals surface area contributed by atoms with Crippen LogP contribution < -0.4 is 0 Å². The Hall–Kier alpha value is 0.0469. The van der Waals surface area contributed by atoms with Crippen LogP contribution in [0.2, 0.25) is 5.02 Å². The van der Waals surface area contributed by atoms with Crippen LogP contribution in [-0.2, 0) is 0 Å². The highest BCUT2D eigenvalue weighted by Crippen LogP contribution is 2.16. The molecule has 0 unspecified atom stereocenters. The van der Waals surface area contributed by atoms with E-state index in [4.69, 9.17) is 33.8 Å². The maximum atomic E-state index is 5.89. The third kappa shape index (κ3) is 3.19. The van der Waals surface area contributed by atoms with Crippen LogP contribution in [0, 0.1) is 0 Å². The summed E-state index contributed by atoms with van der Waals surface area (Å²) in [5.41, 5.74) is 2.77. The maximum Gasteiger partial charge on any atom is 0.259 e. The Labute approximate surface area is 87.8 Å². The van der Waals surface area contributed by atoms with Crippen molar-refractivity contribution in [1.29, 1.82) is 0 Å². The monoisotopic (exact) mass is 236 g/mol. The van der Waals surface area contributed by atoms with E-state index in [1.54, 1.807) is 0 Å². The molecule has 0 heterocycles. The van der Waals surface area contributed by atoms with Gasteiger partial charge in [0, 0.05) is 5.02 Å². The zero-order valence-corrected chi connectivity index (χ0v) is 9.60. The average Bonchev–Trinajstić information content (AvgIpc) is 2.03. The first kappa shape index (κ1) is 10.1. The molecule has 4 heteroatoms. The highest BCUT2D eigenvalue weighted by Gasteiger charge is 1.96. The van der Waals surface area contributed by atoms with E-state index in [1.807, 2.05) is 36.0 Å². The van der Waals surface area contributed by atoms with Crippen LogP contribution in [0.25, 0.3) is 6.08 Å². The highest BCUT2D eigenvalue weighted by atomic mass is 35.7. The molecule has 0 saturated heterocycles. The molecule has 0 radical (unpaired) electrons. The third-order valence-corrected chi connectivity index (χ3v) is 3.03. The quantitative estimate of drug-likeness (QED) is 0.545. The van der Waals surface area contributed by atoms with E-state index in [0.29, 0.717) is 0 Å². The van der Waals surface area contributed by atoms with Gasteiger partial charge in [0.1, 0.15) is 0 Å². The second-order valence-corrected chi connectivity index (χ2v) is 7.17. The number of rotatable bonds is 2. The van der Waals surface area contributed by atoms with Crippen LogP contribution in [0.3, 0.4) is 0 Å². The first-order valence-electron chi connectivity index (χ1n) is 3.41. The maximum absolute atomic E-state index is 5.89. The van der Waals surface area contributed by atoms with E-state index >= 15 is 0 Å². The summed E-state index contributed by atoms with van der Waals surface area (Å²) in [5.74, 6) is 0. The molecule has 0 aliphatic carbocycles. The zero-order chi connectivity index (χ0) is 8.97. The van der Waals surface area contributed by atoms with Crippen molar-refractivity contribution in [2.24, 2.45) is 0 Å². The zero-order valence-electron chi connectivity index (χ0n) is 6.18. The molecule has 0 spiro atoms. The van der Waals surface area contributed by atoms with Gasteiger partial charge in [0.15, 0.2) is 0 Å². The van der Waals surface area contributed by atoms with Gasteiger partial charge in [-0.15, -0.1) is 22.2 Å². The molecule has 0 amide bonds. The van der Waals surface area contributed by atoms with Crippen molar-refractivity contribution in [3.05, 3.63) is 40.6 Å². The summed E-state index contributed by atoms with van der Waals surface area (Å²) >= 11 is 17.2.